The Morgan fingerprint density at radius 3 is 2.88 bits per heavy atom. The van der Waals surface area contributed by atoms with E-state index in [4.69, 9.17) is 10.4 Å². The van der Waals surface area contributed by atoms with Gasteiger partial charge in [0.05, 0.1) is 6.61 Å². The molecule has 8 heavy (non-hydrogen) atoms. The van der Waals surface area contributed by atoms with E-state index >= 15 is 0 Å². The molecule has 0 aliphatic rings. The molecule has 0 atom stereocenters. The topological polar surface area (TPSA) is 70.3 Å². The Bertz CT molecular complexity index is 115. The second-order valence-electron chi connectivity index (χ2n) is 0.971. The van der Waals surface area contributed by atoms with Gasteiger partial charge in [-0.2, -0.15) is 5.26 Å². The molecule has 0 aromatic heterocycles. The number of hydrogen-bond donors (Lipinski definition) is 1. The van der Waals surface area contributed by atoms with Crippen molar-refractivity contribution in [3.8, 4) is 6.07 Å². The van der Waals surface area contributed by atoms with Gasteiger partial charge in [-0.25, -0.2) is 4.79 Å². The second-order valence-corrected chi connectivity index (χ2v) is 0.971. The molecule has 0 fully saturated rings. The molecule has 0 heterocycles. The second kappa shape index (κ2) is 4.09. The first-order chi connectivity index (χ1) is 3.81. The van der Waals surface area contributed by atoms with Crippen LogP contribution in [-0.4, -0.2) is 24.3 Å². The number of esters is 1. The van der Waals surface area contributed by atoms with Gasteiger partial charge in [0.25, 0.3) is 0 Å². The number of hydrogen-bond acceptors (Lipinski definition) is 4. The molecule has 0 aliphatic carbocycles. The lowest BCUT2D eigenvalue weighted by atomic mass is 10.7. The number of nitrogens with zero attached hydrogens (tertiary/aromatic N) is 1. The Labute approximate surface area is 46.3 Å². The van der Waals surface area contributed by atoms with Gasteiger partial charge in [-0.3, -0.25) is 0 Å². The Morgan fingerprint density at radius 2 is 2.50 bits per heavy atom. The lowest BCUT2D eigenvalue weighted by Crippen LogP contribution is -2.04. The van der Waals surface area contributed by atoms with Gasteiger partial charge in [-0.15, -0.1) is 0 Å². The molecule has 1 N–H and O–H groups in total. The number of ether oxygens (including phenoxy) is 1. The molecule has 0 rings (SSSR count). The minimum atomic E-state index is -0.959. The molecule has 0 radical (unpaired) electrons. The lowest BCUT2D eigenvalue weighted by Gasteiger charge is -1.91. The molecule has 0 unspecified atom stereocenters. The third kappa shape index (κ3) is 3.12. The molecular weight excluding hydrogens is 110 g/mol. The van der Waals surface area contributed by atoms with E-state index in [1.165, 1.54) is 6.07 Å². The molecule has 4 heteroatoms. The maximum absolute atomic E-state index is 9.88. The maximum atomic E-state index is 9.88. The van der Waals surface area contributed by atoms with Crippen LogP contribution in [0.2, 0.25) is 0 Å². The van der Waals surface area contributed by atoms with E-state index in [0.717, 1.165) is 0 Å². The summed E-state index contributed by atoms with van der Waals surface area (Å²) in [5, 5.41) is 15.8. The van der Waals surface area contributed by atoms with Crippen LogP contribution in [0.5, 0.6) is 0 Å². The van der Waals surface area contributed by atoms with Gasteiger partial charge in [0.15, 0.2) is 6.07 Å². The Hall–Kier alpha value is -1.08. The number of carbonyl (C=O) groups excluding carboxylic acids is 1. The minimum Gasteiger partial charge on any atom is -0.452 e. The van der Waals surface area contributed by atoms with Gasteiger partial charge in [-0.05, 0) is 0 Å². The third-order valence-corrected chi connectivity index (χ3v) is 0.416. The zero-order valence-corrected chi connectivity index (χ0v) is 4.13. The van der Waals surface area contributed by atoms with Crippen LogP contribution in [0.4, 0.5) is 0 Å². The van der Waals surface area contributed by atoms with Gasteiger partial charge in [0.2, 0.25) is 0 Å². The molecule has 0 spiro atoms. The monoisotopic (exact) mass is 115 g/mol. The molecule has 0 aliphatic heterocycles. The van der Waals surface area contributed by atoms with Gasteiger partial charge >= 0.3 is 5.97 Å². The summed E-state index contributed by atoms with van der Waals surface area (Å²) in [6.07, 6.45) is 0. The molecule has 0 bridgehead atoms. The Morgan fingerprint density at radius 1 is 1.88 bits per heavy atom. The summed E-state index contributed by atoms with van der Waals surface area (Å²) in [6, 6.07) is 1.23. The molecule has 4 nitrogen and oxygen atoms in total. The SMILES string of the molecule is N#CC(=O)OCCO. The van der Waals surface area contributed by atoms with Crippen LogP contribution in [0.25, 0.3) is 0 Å². The largest absolute Gasteiger partial charge is 0.452 e. The lowest BCUT2D eigenvalue weighted by molar-refractivity contribution is -0.137. The highest BCUT2D eigenvalue weighted by Crippen LogP contribution is 1.71. The summed E-state index contributed by atoms with van der Waals surface area (Å²) >= 11 is 0. The Balaban J connectivity index is 3.16. The number of aliphatic hydroxyl groups is 1. The van der Waals surface area contributed by atoms with Crippen LogP contribution >= 0.6 is 0 Å². The predicted molar refractivity (Wildman–Crippen MR) is 23.7 cm³/mol. The van der Waals surface area contributed by atoms with E-state index in [1.54, 1.807) is 0 Å². The number of aliphatic hydroxyl groups excluding tert-OH is 1. The number of rotatable bonds is 2. The summed E-state index contributed by atoms with van der Waals surface area (Å²) in [5.74, 6) is -0.959. The van der Waals surface area contributed by atoms with Crippen LogP contribution in [0, 0.1) is 11.3 Å². The summed E-state index contributed by atoms with van der Waals surface area (Å²) < 4.78 is 4.09. The van der Waals surface area contributed by atoms with E-state index in [-0.39, 0.29) is 13.2 Å². The maximum Gasteiger partial charge on any atom is 0.411 e. The zero-order chi connectivity index (χ0) is 6.41. The standard InChI is InChI=1S/C4H5NO3/c5-3-4(7)8-2-1-6/h6H,1-2H2. The fourth-order valence-electron chi connectivity index (χ4n) is 0.171. The number of nitriles is 1. The van der Waals surface area contributed by atoms with Crippen molar-refractivity contribution < 1.29 is 14.6 Å². The number of carbonyl (C=O) groups is 1. The van der Waals surface area contributed by atoms with Gasteiger partial charge in [-0.1, -0.05) is 0 Å². The van der Waals surface area contributed by atoms with E-state index in [0.29, 0.717) is 0 Å². The fraction of sp³-hybridized carbons (Fsp3) is 0.500. The first kappa shape index (κ1) is 6.92. The third-order valence-electron chi connectivity index (χ3n) is 0.416. The van der Waals surface area contributed by atoms with E-state index in [1.807, 2.05) is 0 Å². The van der Waals surface area contributed by atoms with Crippen molar-refractivity contribution in [3.63, 3.8) is 0 Å². The van der Waals surface area contributed by atoms with Gasteiger partial charge in [0, 0.05) is 0 Å². The molecule has 0 amide bonds. The smallest absolute Gasteiger partial charge is 0.411 e. The summed E-state index contributed by atoms with van der Waals surface area (Å²) in [4.78, 5) is 9.88. The van der Waals surface area contributed by atoms with Crippen molar-refractivity contribution in [1.29, 1.82) is 5.26 Å². The highest BCUT2D eigenvalue weighted by atomic mass is 16.5. The van der Waals surface area contributed by atoms with Crippen molar-refractivity contribution >= 4 is 5.97 Å². The van der Waals surface area contributed by atoms with Crippen LogP contribution < -0.4 is 0 Å². The molecule has 0 aromatic rings. The average Bonchev–Trinajstić information content (AvgIpc) is 1.83. The van der Waals surface area contributed by atoms with Crippen molar-refractivity contribution in [2.75, 3.05) is 13.2 Å². The molecule has 0 saturated carbocycles. The van der Waals surface area contributed by atoms with Crippen molar-refractivity contribution in [1.82, 2.24) is 0 Å². The predicted octanol–water partition coefficient (Wildman–Crippen LogP) is -0.955. The first-order valence-corrected chi connectivity index (χ1v) is 1.99. The van der Waals surface area contributed by atoms with Gasteiger partial charge in [0.1, 0.15) is 6.61 Å². The molecule has 44 valence electrons. The first-order valence-electron chi connectivity index (χ1n) is 1.99. The van der Waals surface area contributed by atoms with Crippen molar-refractivity contribution in [2.45, 2.75) is 0 Å². The molecule has 0 saturated heterocycles. The fourth-order valence-corrected chi connectivity index (χ4v) is 0.171. The van der Waals surface area contributed by atoms with Crippen LogP contribution in [0.3, 0.4) is 0 Å². The highest BCUT2D eigenvalue weighted by Gasteiger charge is 1.94. The summed E-state index contributed by atoms with van der Waals surface area (Å²) in [6.45, 7) is -0.347. The molecular formula is C4H5NO3. The zero-order valence-electron chi connectivity index (χ0n) is 4.13. The van der Waals surface area contributed by atoms with E-state index in [9.17, 15) is 4.79 Å². The van der Waals surface area contributed by atoms with E-state index < -0.39 is 5.97 Å². The molecule has 0 aromatic carbocycles. The van der Waals surface area contributed by atoms with Gasteiger partial charge < -0.3 is 9.84 Å². The summed E-state index contributed by atoms with van der Waals surface area (Å²) in [7, 11) is 0. The van der Waals surface area contributed by atoms with E-state index in [2.05, 4.69) is 4.74 Å². The van der Waals surface area contributed by atoms with Crippen molar-refractivity contribution in [3.05, 3.63) is 0 Å². The van der Waals surface area contributed by atoms with Crippen LogP contribution in [0.15, 0.2) is 0 Å². The van der Waals surface area contributed by atoms with Crippen LogP contribution in [-0.2, 0) is 9.53 Å². The quantitative estimate of drug-likeness (QED) is 0.372. The van der Waals surface area contributed by atoms with Crippen molar-refractivity contribution in [2.24, 2.45) is 0 Å². The van der Waals surface area contributed by atoms with Crippen LogP contribution in [0.1, 0.15) is 0 Å². The average molecular weight is 115 g/mol. The normalized spacial score (nSPS) is 7.50. The highest BCUT2D eigenvalue weighted by molar-refractivity contribution is 5.85. The minimum absolute atomic E-state index is 0.105. The summed E-state index contributed by atoms with van der Waals surface area (Å²) in [5.41, 5.74) is 0. The Kier molecular flexibility index (Phi) is 3.54.